The van der Waals surface area contributed by atoms with Gasteiger partial charge in [-0.15, -0.1) is 0 Å². The maximum atomic E-state index is 4.32. The van der Waals surface area contributed by atoms with Gasteiger partial charge in [0.05, 0.1) is 11.4 Å². The molecular formula is C26H40N2. The molecule has 28 heavy (non-hydrogen) atoms. The summed E-state index contributed by atoms with van der Waals surface area (Å²) in [6.45, 7) is 11.0. The molecule has 2 atom stereocenters. The van der Waals surface area contributed by atoms with Crippen molar-refractivity contribution in [3.8, 4) is 0 Å². The van der Waals surface area contributed by atoms with E-state index in [0.29, 0.717) is 0 Å². The Kier molecular flexibility index (Phi) is 12.9. The Labute approximate surface area is 173 Å². The van der Waals surface area contributed by atoms with Gasteiger partial charge in [0, 0.05) is 0 Å². The second kappa shape index (κ2) is 15.0. The first kappa shape index (κ1) is 24.1. The molecule has 0 amide bonds. The maximum Gasteiger partial charge on any atom is 0.0857 e. The van der Waals surface area contributed by atoms with Crippen molar-refractivity contribution < 1.29 is 0 Å². The monoisotopic (exact) mass is 380 g/mol. The molecule has 2 unspecified atom stereocenters. The lowest BCUT2D eigenvalue weighted by Gasteiger charge is -2.16. The number of rotatable bonds is 11. The van der Waals surface area contributed by atoms with Crippen LogP contribution in [0.5, 0.6) is 0 Å². The average Bonchev–Trinajstić information content (AvgIpc) is 2.75. The van der Waals surface area contributed by atoms with E-state index in [0.717, 1.165) is 29.6 Å². The first-order chi connectivity index (χ1) is 13.7. The predicted molar refractivity (Wildman–Crippen MR) is 124 cm³/mol. The minimum Gasteiger partial charge on any atom is -0.151 e. The summed E-state index contributed by atoms with van der Waals surface area (Å²) >= 11 is 0. The topological polar surface area (TPSA) is 24.7 Å². The quantitative estimate of drug-likeness (QED) is 0.347. The molecule has 0 fully saturated rings. The highest BCUT2D eigenvalue weighted by Gasteiger charge is 2.08. The van der Waals surface area contributed by atoms with Crippen LogP contribution in [0.15, 0.2) is 64.8 Å². The van der Waals surface area contributed by atoms with Gasteiger partial charge in [0.15, 0.2) is 0 Å². The smallest absolute Gasteiger partial charge is 0.0857 e. The lowest BCUT2D eigenvalue weighted by atomic mass is 9.90. The molecule has 0 bridgehead atoms. The van der Waals surface area contributed by atoms with Crippen LogP contribution in [-0.2, 0) is 6.42 Å². The van der Waals surface area contributed by atoms with Gasteiger partial charge in [-0.25, -0.2) is 0 Å². The molecule has 0 aliphatic heterocycles. The third-order valence-electron chi connectivity index (χ3n) is 5.14. The average molecular weight is 381 g/mol. The molecule has 0 aliphatic rings. The molecule has 0 N–H and O–H groups in total. The SMILES string of the molecule is CC.CCCC(CC)CCCC(C)Cc1ccc(N=Nc2ccccc2)cc1. The maximum absolute atomic E-state index is 4.32. The second-order valence-corrected chi connectivity index (χ2v) is 7.51. The van der Waals surface area contributed by atoms with Crippen LogP contribution in [0.4, 0.5) is 11.4 Å². The van der Waals surface area contributed by atoms with Gasteiger partial charge in [-0.1, -0.05) is 103 Å². The summed E-state index contributed by atoms with van der Waals surface area (Å²) in [5.41, 5.74) is 3.20. The van der Waals surface area contributed by atoms with Crippen molar-refractivity contribution in [1.29, 1.82) is 0 Å². The highest BCUT2D eigenvalue weighted by atomic mass is 15.1. The Morgan fingerprint density at radius 2 is 1.36 bits per heavy atom. The Morgan fingerprint density at radius 1 is 0.750 bits per heavy atom. The highest BCUT2D eigenvalue weighted by molar-refractivity contribution is 5.41. The van der Waals surface area contributed by atoms with Gasteiger partial charge in [-0.2, -0.15) is 10.2 Å². The molecule has 2 nitrogen and oxygen atoms in total. The van der Waals surface area contributed by atoms with Crippen LogP contribution >= 0.6 is 0 Å². The lowest BCUT2D eigenvalue weighted by molar-refractivity contribution is 0.388. The molecule has 0 radical (unpaired) electrons. The first-order valence-electron chi connectivity index (χ1n) is 11.3. The van der Waals surface area contributed by atoms with Crippen molar-refractivity contribution in [3.05, 3.63) is 60.2 Å². The second-order valence-electron chi connectivity index (χ2n) is 7.51. The van der Waals surface area contributed by atoms with Crippen molar-refractivity contribution >= 4 is 11.4 Å². The number of hydrogen-bond donors (Lipinski definition) is 0. The van der Waals surface area contributed by atoms with Crippen LogP contribution < -0.4 is 0 Å². The molecule has 0 saturated heterocycles. The van der Waals surface area contributed by atoms with Gasteiger partial charge >= 0.3 is 0 Å². The highest BCUT2D eigenvalue weighted by Crippen LogP contribution is 2.23. The van der Waals surface area contributed by atoms with Gasteiger partial charge in [0.2, 0.25) is 0 Å². The van der Waals surface area contributed by atoms with Gasteiger partial charge in [0.1, 0.15) is 0 Å². The summed E-state index contributed by atoms with van der Waals surface area (Å²) in [5.74, 6) is 1.67. The van der Waals surface area contributed by atoms with Crippen LogP contribution in [0.1, 0.15) is 78.7 Å². The molecule has 2 rings (SSSR count). The van der Waals surface area contributed by atoms with Crippen LogP contribution in [0, 0.1) is 11.8 Å². The zero-order valence-corrected chi connectivity index (χ0v) is 18.7. The van der Waals surface area contributed by atoms with E-state index in [1.54, 1.807) is 0 Å². The van der Waals surface area contributed by atoms with Crippen LogP contribution in [0.25, 0.3) is 0 Å². The molecule has 0 heterocycles. The van der Waals surface area contributed by atoms with E-state index in [2.05, 4.69) is 55.3 Å². The standard InChI is InChI=1S/C24H34N2.C2H6/c1-4-10-21(5-2)12-9-11-20(3)19-22-15-17-24(18-16-22)26-25-23-13-7-6-8-14-23;1-2/h6-8,13-18,20-21H,4-5,9-12,19H2,1-3H3;1-2H3. The van der Waals surface area contributed by atoms with Crippen LogP contribution in [0.3, 0.4) is 0 Å². The zero-order chi connectivity index (χ0) is 20.6. The molecule has 154 valence electrons. The van der Waals surface area contributed by atoms with Gasteiger partial charge < -0.3 is 0 Å². The fourth-order valence-corrected chi connectivity index (χ4v) is 3.53. The number of hydrogen-bond acceptors (Lipinski definition) is 2. The first-order valence-corrected chi connectivity index (χ1v) is 11.3. The number of benzene rings is 2. The van der Waals surface area contributed by atoms with Crippen molar-refractivity contribution in [1.82, 2.24) is 0 Å². The molecule has 0 saturated carbocycles. The van der Waals surface area contributed by atoms with Gasteiger partial charge in [0.25, 0.3) is 0 Å². The van der Waals surface area contributed by atoms with E-state index in [9.17, 15) is 0 Å². The third kappa shape index (κ3) is 9.82. The number of nitrogens with zero attached hydrogens (tertiary/aromatic N) is 2. The lowest BCUT2D eigenvalue weighted by Crippen LogP contribution is -2.03. The summed E-state index contributed by atoms with van der Waals surface area (Å²) in [7, 11) is 0. The summed E-state index contributed by atoms with van der Waals surface area (Å²) in [6, 6.07) is 18.4. The van der Waals surface area contributed by atoms with E-state index >= 15 is 0 Å². The fraction of sp³-hybridized carbons (Fsp3) is 0.538. The molecule has 2 aromatic rings. The largest absolute Gasteiger partial charge is 0.151 e. The molecule has 2 heteroatoms. The Hall–Kier alpha value is -1.96. The summed E-state index contributed by atoms with van der Waals surface area (Å²) in [5, 5.41) is 8.59. The van der Waals surface area contributed by atoms with E-state index in [4.69, 9.17) is 0 Å². The molecule has 0 spiro atoms. The minimum atomic E-state index is 0.742. The van der Waals surface area contributed by atoms with Crippen molar-refractivity contribution in [3.63, 3.8) is 0 Å². The van der Waals surface area contributed by atoms with E-state index in [-0.39, 0.29) is 0 Å². The van der Waals surface area contributed by atoms with Crippen LogP contribution in [0.2, 0.25) is 0 Å². The van der Waals surface area contributed by atoms with Crippen molar-refractivity contribution in [2.45, 2.75) is 79.6 Å². The Bertz CT molecular complexity index is 631. The Morgan fingerprint density at radius 3 is 1.93 bits per heavy atom. The van der Waals surface area contributed by atoms with Gasteiger partial charge in [-0.3, -0.25) is 0 Å². The fourth-order valence-electron chi connectivity index (χ4n) is 3.53. The molecule has 0 aromatic heterocycles. The van der Waals surface area contributed by atoms with Gasteiger partial charge in [-0.05, 0) is 48.1 Å². The van der Waals surface area contributed by atoms with E-state index in [1.165, 1.54) is 44.1 Å². The van der Waals surface area contributed by atoms with Crippen molar-refractivity contribution in [2.75, 3.05) is 0 Å². The normalized spacial score (nSPS) is 13.0. The summed E-state index contributed by atoms with van der Waals surface area (Å²) in [4.78, 5) is 0. The summed E-state index contributed by atoms with van der Waals surface area (Å²) < 4.78 is 0. The zero-order valence-electron chi connectivity index (χ0n) is 18.7. The van der Waals surface area contributed by atoms with Crippen LogP contribution in [-0.4, -0.2) is 0 Å². The summed E-state index contributed by atoms with van der Waals surface area (Å²) in [6.07, 6.45) is 9.29. The predicted octanol–water partition coefficient (Wildman–Crippen LogP) is 9.30. The Balaban J connectivity index is 0.00000190. The molecular weight excluding hydrogens is 340 g/mol. The third-order valence-corrected chi connectivity index (χ3v) is 5.14. The molecule has 2 aromatic carbocycles. The van der Waals surface area contributed by atoms with E-state index in [1.807, 2.05) is 44.2 Å². The number of azo groups is 1. The molecule has 0 aliphatic carbocycles. The van der Waals surface area contributed by atoms with E-state index < -0.39 is 0 Å². The van der Waals surface area contributed by atoms with Crippen molar-refractivity contribution in [2.24, 2.45) is 22.1 Å². The minimum absolute atomic E-state index is 0.742.